The number of nitrogens with zero attached hydrogens (tertiary/aromatic N) is 1. The Bertz CT molecular complexity index is 725. The number of ether oxygens (including phenoxy) is 1. The Morgan fingerprint density at radius 1 is 1.18 bits per heavy atom. The predicted molar refractivity (Wildman–Crippen MR) is 112 cm³/mol. The molecule has 2 aliphatic rings. The number of esters is 1. The number of carbonyl (C=O) groups excluding carboxylic acids is 1. The van der Waals surface area contributed by atoms with E-state index in [1.165, 1.54) is 11.1 Å². The average Bonchev–Trinajstić information content (AvgIpc) is 2.89. The summed E-state index contributed by atoms with van der Waals surface area (Å²) in [6.07, 6.45) is 3.13. The summed E-state index contributed by atoms with van der Waals surface area (Å²) in [7, 11) is -0.333. The first kappa shape index (κ1) is 21.1. The number of hydrogen-bond acceptors (Lipinski definition) is 5. The molecule has 0 aromatic heterocycles. The molecule has 1 aromatic rings. The molecule has 1 unspecified atom stereocenters. The minimum absolute atomic E-state index is 0.147. The van der Waals surface area contributed by atoms with E-state index in [2.05, 4.69) is 62.9 Å². The van der Waals surface area contributed by atoms with Gasteiger partial charge in [0, 0.05) is 13.1 Å². The van der Waals surface area contributed by atoms with E-state index in [0.717, 1.165) is 25.0 Å². The molecule has 1 aromatic carbocycles. The summed E-state index contributed by atoms with van der Waals surface area (Å²) < 4.78 is 17.4. The second-order valence-electron chi connectivity index (χ2n) is 8.61. The molecule has 3 rings (SSSR count). The van der Waals surface area contributed by atoms with Gasteiger partial charge in [-0.2, -0.15) is 0 Å². The van der Waals surface area contributed by atoms with E-state index in [4.69, 9.17) is 14.0 Å². The van der Waals surface area contributed by atoms with E-state index in [-0.39, 0.29) is 30.3 Å². The smallest absolute Gasteiger partial charge is 0.465 e. The highest BCUT2D eigenvalue weighted by molar-refractivity contribution is 6.62. The van der Waals surface area contributed by atoms with E-state index in [1.54, 1.807) is 0 Å². The molecule has 1 saturated heterocycles. The van der Waals surface area contributed by atoms with Crippen LogP contribution in [0.3, 0.4) is 0 Å². The van der Waals surface area contributed by atoms with Crippen LogP contribution in [0.4, 0.5) is 0 Å². The molecule has 0 radical (unpaired) electrons. The van der Waals surface area contributed by atoms with Crippen LogP contribution in [0.25, 0.3) is 5.57 Å². The highest BCUT2D eigenvalue weighted by atomic mass is 16.7. The van der Waals surface area contributed by atoms with Crippen LogP contribution in [-0.4, -0.2) is 54.9 Å². The maximum atomic E-state index is 11.9. The van der Waals surface area contributed by atoms with Crippen molar-refractivity contribution in [2.45, 2.75) is 65.2 Å². The van der Waals surface area contributed by atoms with Crippen molar-refractivity contribution >= 4 is 24.1 Å². The molecule has 0 amide bonds. The molecule has 5 nitrogen and oxygen atoms in total. The van der Waals surface area contributed by atoms with Crippen molar-refractivity contribution in [3.05, 3.63) is 35.9 Å². The Morgan fingerprint density at radius 3 is 2.29 bits per heavy atom. The van der Waals surface area contributed by atoms with Crippen LogP contribution in [0.5, 0.6) is 0 Å². The zero-order chi connectivity index (χ0) is 20.5. The molecule has 0 aliphatic carbocycles. The minimum Gasteiger partial charge on any atom is -0.465 e. The van der Waals surface area contributed by atoms with Crippen molar-refractivity contribution < 1.29 is 18.8 Å². The maximum absolute atomic E-state index is 11.9. The van der Waals surface area contributed by atoms with Crippen LogP contribution in [0, 0.1) is 0 Å². The van der Waals surface area contributed by atoms with Crippen LogP contribution in [-0.2, 0) is 18.8 Å². The second-order valence-corrected chi connectivity index (χ2v) is 8.61. The van der Waals surface area contributed by atoms with Crippen molar-refractivity contribution in [1.29, 1.82) is 0 Å². The average molecular weight is 385 g/mol. The topological polar surface area (TPSA) is 48.0 Å². The fourth-order valence-corrected chi connectivity index (χ4v) is 3.54. The van der Waals surface area contributed by atoms with Crippen molar-refractivity contribution in [2.24, 2.45) is 0 Å². The third-order valence-corrected chi connectivity index (χ3v) is 6.22. The van der Waals surface area contributed by atoms with E-state index >= 15 is 0 Å². The van der Waals surface area contributed by atoms with Crippen LogP contribution >= 0.6 is 0 Å². The van der Waals surface area contributed by atoms with E-state index in [0.29, 0.717) is 6.61 Å². The van der Waals surface area contributed by atoms with Gasteiger partial charge in [0.05, 0.1) is 17.8 Å². The molecule has 6 heteroatoms. The second kappa shape index (κ2) is 8.01. The lowest BCUT2D eigenvalue weighted by Crippen LogP contribution is -2.42. The summed E-state index contributed by atoms with van der Waals surface area (Å²) in [4.78, 5) is 14.1. The molecule has 1 fully saturated rings. The Labute approximate surface area is 169 Å². The zero-order valence-electron chi connectivity index (χ0n) is 18.0. The van der Waals surface area contributed by atoms with Gasteiger partial charge in [-0.1, -0.05) is 30.3 Å². The molecule has 2 aliphatic heterocycles. The standard InChI is InChI=1S/C22H32BNO4/c1-7-26-20(25)16(2)24-14-12-18(13-15-24)17-8-10-19(11-9-17)23-27-21(3,4)22(5,6)28-23/h8-12,16H,7,13-15H2,1-6H3. The lowest BCUT2D eigenvalue weighted by molar-refractivity contribution is -0.148. The Balaban J connectivity index is 1.64. The van der Waals surface area contributed by atoms with Gasteiger partial charge in [0.2, 0.25) is 0 Å². The highest BCUT2D eigenvalue weighted by Crippen LogP contribution is 2.36. The molecular formula is C22H32BNO4. The molecule has 0 bridgehead atoms. The van der Waals surface area contributed by atoms with Crippen LogP contribution < -0.4 is 5.46 Å². The third-order valence-electron chi connectivity index (χ3n) is 6.22. The first-order chi connectivity index (χ1) is 13.1. The minimum atomic E-state index is -0.333. The molecule has 28 heavy (non-hydrogen) atoms. The van der Waals surface area contributed by atoms with Crippen molar-refractivity contribution in [2.75, 3.05) is 19.7 Å². The van der Waals surface area contributed by atoms with Gasteiger partial charge >= 0.3 is 13.1 Å². The van der Waals surface area contributed by atoms with Crippen molar-refractivity contribution in [3.8, 4) is 0 Å². The fourth-order valence-electron chi connectivity index (χ4n) is 3.54. The quantitative estimate of drug-likeness (QED) is 0.576. The normalized spacial score (nSPS) is 22.6. The molecular weight excluding hydrogens is 353 g/mol. The largest absolute Gasteiger partial charge is 0.494 e. The lowest BCUT2D eigenvalue weighted by Gasteiger charge is -2.32. The van der Waals surface area contributed by atoms with E-state index in [9.17, 15) is 4.79 Å². The molecule has 0 saturated carbocycles. The lowest BCUT2D eigenvalue weighted by atomic mass is 9.78. The number of rotatable bonds is 5. The van der Waals surface area contributed by atoms with Gasteiger partial charge in [-0.3, -0.25) is 9.69 Å². The highest BCUT2D eigenvalue weighted by Gasteiger charge is 2.51. The number of hydrogen-bond donors (Lipinski definition) is 0. The summed E-state index contributed by atoms with van der Waals surface area (Å²) in [5.41, 5.74) is 2.90. The van der Waals surface area contributed by atoms with Gasteiger partial charge in [-0.15, -0.1) is 0 Å². The third kappa shape index (κ3) is 4.19. The summed E-state index contributed by atoms with van der Waals surface area (Å²) >= 11 is 0. The summed E-state index contributed by atoms with van der Waals surface area (Å²) in [6.45, 7) is 14.1. The SMILES string of the molecule is CCOC(=O)C(C)N1CC=C(c2ccc(B3OC(C)(C)C(C)(C)O3)cc2)CC1. The Kier molecular flexibility index (Phi) is 6.04. The zero-order valence-corrected chi connectivity index (χ0v) is 18.0. The number of carbonyl (C=O) groups is 1. The predicted octanol–water partition coefficient (Wildman–Crippen LogP) is 3.03. The van der Waals surface area contributed by atoms with Crippen molar-refractivity contribution in [1.82, 2.24) is 4.90 Å². The monoisotopic (exact) mass is 385 g/mol. The van der Waals surface area contributed by atoms with Gasteiger partial charge in [0.15, 0.2) is 0 Å². The van der Waals surface area contributed by atoms with Crippen LogP contribution in [0.15, 0.2) is 30.3 Å². The van der Waals surface area contributed by atoms with E-state index < -0.39 is 0 Å². The van der Waals surface area contributed by atoms with Gasteiger partial charge in [-0.25, -0.2) is 0 Å². The molecule has 1 atom stereocenters. The summed E-state index contributed by atoms with van der Waals surface area (Å²) in [6, 6.07) is 8.24. The summed E-state index contributed by atoms with van der Waals surface area (Å²) in [5.74, 6) is -0.147. The first-order valence-corrected chi connectivity index (χ1v) is 10.2. The van der Waals surface area contributed by atoms with Crippen molar-refractivity contribution in [3.63, 3.8) is 0 Å². The van der Waals surface area contributed by atoms with Crippen LogP contribution in [0.2, 0.25) is 0 Å². The van der Waals surface area contributed by atoms with Gasteiger partial charge in [0.1, 0.15) is 6.04 Å². The molecule has 2 heterocycles. The number of benzene rings is 1. The molecule has 0 N–H and O–H groups in total. The van der Waals surface area contributed by atoms with Gasteiger partial charge < -0.3 is 14.0 Å². The van der Waals surface area contributed by atoms with Crippen LogP contribution in [0.1, 0.15) is 53.5 Å². The fraction of sp³-hybridized carbons (Fsp3) is 0.591. The summed E-state index contributed by atoms with van der Waals surface area (Å²) in [5, 5.41) is 0. The molecule has 0 spiro atoms. The van der Waals surface area contributed by atoms with Gasteiger partial charge in [-0.05, 0) is 64.6 Å². The maximum Gasteiger partial charge on any atom is 0.494 e. The van der Waals surface area contributed by atoms with Gasteiger partial charge in [0.25, 0.3) is 0 Å². The first-order valence-electron chi connectivity index (χ1n) is 10.2. The Hall–Kier alpha value is -1.63. The van der Waals surface area contributed by atoms with E-state index in [1.807, 2.05) is 13.8 Å². The Morgan fingerprint density at radius 2 is 1.79 bits per heavy atom. The molecule has 152 valence electrons.